The van der Waals surface area contributed by atoms with Crippen LogP contribution in [-0.4, -0.2) is 29.8 Å². The number of halogens is 1. The first-order chi connectivity index (χ1) is 6.65. The van der Waals surface area contributed by atoms with Crippen LogP contribution in [0.25, 0.3) is 0 Å². The van der Waals surface area contributed by atoms with E-state index in [-0.39, 0.29) is 11.3 Å². The molecular formula is C10H20ClNOS. The van der Waals surface area contributed by atoms with Crippen molar-refractivity contribution in [2.24, 2.45) is 5.92 Å². The van der Waals surface area contributed by atoms with Crippen molar-refractivity contribution in [3.05, 3.63) is 0 Å². The summed E-state index contributed by atoms with van der Waals surface area (Å²) in [5.74, 6) is 1.10. The Hall–Kier alpha value is 0.110. The second kappa shape index (κ2) is 8.42. The van der Waals surface area contributed by atoms with Gasteiger partial charge in [-0.2, -0.15) is 11.8 Å². The minimum Gasteiger partial charge on any atom is -0.354 e. The topological polar surface area (TPSA) is 29.1 Å². The van der Waals surface area contributed by atoms with E-state index in [1.54, 1.807) is 0 Å². The molecule has 0 aliphatic heterocycles. The molecule has 1 amide bonds. The number of rotatable bonds is 7. The molecule has 0 aliphatic carbocycles. The van der Waals surface area contributed by atoms with Gasteiger partial charge in [-0.3, -0.25) is 4.79 Å². The molecule has 0 radical (unpaired) electrons. The van der Waals surface area contributed by atoms with E-state index in [2.05, 4.69) is 19.2 Å². The molecule has 0 bridgehead atoms. The van der Waals surface area contributed by atoms with Crippen LogP contribution >= 0.6 is 23.4 Å². The first kappa shape index (κ1) is 14.1. The SMILES string of the molecule is CCC(CC)C(Cl)CNC(=O)CSC. The van der Waals surface area contributed by atoms with Gasteiger partial charge < -0.3 is 5.32 Å². The zero-order valence-corrected chi connectivity index (χ0v) is 10.8. The summed E-state index contributed by atoms with van der Waals surface area (Å²) in [6, 6.07) is 0. The van der Waals surface area contributed by atoms with E-state index in [1.807, 2.05) is 6.26 Å². The molecule has 0 spiro atoms. The Bertz CT molecular complexity index is 162. The van der Waals surface area contributed by atoms with Crippen molar-refractivity contribution in [3.63, 3.8) is 0 Å². The number of thioether (sulfide) groups is 1. The molecule has 0 aromatic carbocycles. The molecule has 0 aromatic rings. The summed E-state index contributed by atoms with van der Waals surface area (Å²) in [5, 5.41) is 2.91. The summed E-state index contributed by atoms with van der Waals surface area (Å²) in [6.45, 7) is 4.85. The van der Waals surface area contributed by atoms with Gasteiger partial charge >= 0.3 is 0 Å². The van der Waals surface area contributed by atoms with Crippen LogP contribution in [0.2, 0.25) is 0 Å². The largest absolute Gasteiger partial charge is 0.354 e. The molecule has 14 heavy (non-hydrogen) atoms. The van der Waals surface area contributed by atoms with Crippen molar-refractivity contribution in [2.75, 3.05) is 18.6 Å². The molecule has 1 atom stereocenters. The summed E-state index contributed by atoms with van der Waals surface area (Å²) in [7, 11) is 0. The van der Waals surface area contributed by atoms with E-state index in [4.69, 9.17) is 11.6 Å². The maximum Gasteiger partial charge on any atom is 0.230 e. The van der Waals surface area contributed by atoms with Crippen LogP contribution in [0.1, 0.15) is 26.7 Å². The van der Waals surface area contributed by atoms with Crippen molar-refractivity contribution < 1.29 is 4.79 Å². The predicted molar refractivity (Wildman–Crippen MR) is 65.1 cm³/mol. The predicted octanol–water partition coefficient (Wildman–Crippen LogP) is 2.51. The van der Waals surface area contributed by atoms with Gasteiger partial charge in [0.1, 0.15) is 0 Å². The van der Waals surface area contributed by atoms with Crippen LogP contribution in [0.4, 0.5) is 0 Å². The average molecular weight is 238 g/mol. The van der Waals surface area contributed by atoms with Crippen LogP contribution in [0.3, 0.4) is 0 Å². The minimum absolute atomic E-state index is 0.0656. The fraction of sp³-hybridized carbons (Fsp3) is 0.900. The lowest BCUT2D eigenvalue weighted by Gasteiger charge is -2.19. The van der Waals surface area contributed by atoms with Gasteiger partial charge in [-0.1, -0.05) is 26.7 Å². The lowest BCUT2D eigenvalue weighted by atomic mass is 9.99. The first-order valence-electron chi connectivity index (χ1n) is 5.05. The van der Waals surface area contributed by atoms with E-state index in [9.17, 15) is 4.79 Å². The maximum absolute atomic E-state index is 11.2. The quantitative estimate of drug-likeness (QED) is 0.690. The highest BCUT2D eigenvalue weighted by Gasteiger charge is 2.15. The second-order valence-corrected chi connectivity index (χ2v) is 4.76. The van der Waals surface area contributed by atoms with Gasteiger partial charge in [0.15, 0.2) is 0 Å². The van der Waals surface area contributed by atoms with Crippen molar-refractivity contribution >= 4 is 29.3 Å². The fourth-order valence-corrected chi connectivity index (χ4v) is 2.16. The number of carbonyl (C=O) groups excluding carboxylic acids is 1. The number of nitrogens with one attached hydrogen (secondary N) is 1. The highest BCUT2D eigenvalue weighted by atomic mass is 35.5. The molecule has 4 heteroatoms. The molecular weight excluding hydrogens is 218 g/mol. The Morgan fingerprint density at radius 2 is 2.00 bits per heavy atom. The molecule has 0 saturated heterocycles. The standard InChI is InChI=1S/C10H20ClNOS/c1-4-8(5-2)9(11)6-12-10(13)7-14-3/h8-9H,4-7H2,1-3H3,(H,12,13). The van der Waals surface area contributed by atoms with Gasteiger partial charge in [0.2, 0.25) is 5.91 Å². The number of hydrogen-bond acceptors (Lipinski definition) is 2. The summed E-state index contributed by atoms with van der Waals surface area (Å²) in [6.07, 6.45) is 4.06. The van der Waals surface area contributed by atoms with E-state index < -0.39 is 0 Å². The van der Waals surface area contributed by atoms with Crippen LogP contribution in [0.15, 0.2) is 0 Å². The van der Waals surface area contributed by atoms with Gasteiger partial charge in [-0.25, -0.2) is 0 Å². The highest BCUT2D eigenvalue weighted by molar-refractivity contribution is 7.99. The minimum atomic E-state index is 0.0656. The third-order valence-electron chi connectivity index (χ3n) is 2.33. The van der Waals surface area contributed by atoms with Crippen LogP contribution in [0.5, 0.6) is 0 Å². The van der Waals surface area contributed by atoms with E-state index in [0.29, 0.717) is 18.2 Å². The monoisotopic (exact) mass is 237 g/mol. The number of carbonyl (C=O) groups is 1. The zero-order chi connectivity index (χ0) is 11.0. The van der Waals surface area contributed by atoms with Crippen molar-refractivity contribution in [2.45, 2.75) is 32.1 Å². The summed E-state index contributed by atoms with van der Waals surface area (Å²) >= 11 is 7.70. The molecule has 84 valence electrons. The molecule has 0 aliphatic rings. The lowest BCUT2D eigenvalue weighted by molar-refractivity contribution is -0.118. The highest BCUT2D eigenvalue weighted by Crippen LogP contribution is 2.17. The summed E-state index contributed by atoms with van der Waals surface area (Å²) < 4.78 is 0. The Labute approximate surface area is 96.2 Å². The van der Waals surface area contributed by atoms with Crippen molar-refractivity contribution in [1.82, 2.24) is 5.32 Å². The Morgan fingerprint density at radius 1 is 1.43 bits per heavy atom. The smallest absolute Gasteiger partial charge is 0.230 e. The molecule has 1 N–H and O–H groups in total. The normalized spacial score (nSPS) is 12.9. The molecule has 0 fully saturated rings. The van der Waals surface area contributed by atoms with Crippen molar-refractivity contribution in [3.8, 4) is 0 Å². The average Bonchev–Trinajstić information content (AvgIpc) is 2.17. The Balaban J connectivity index is 3.71. The molecule has 0 aromatic heterocycles. The maximum atomic E-state index is 11.2. The summed E-state index contributed by atoms with van der Waals surface area (Å²) in [4.78, 5) is 11.2. The Kier molecular flexibility index (Phi) is 8.49. The number of alkyl halides is 1. The molecule has 0 heterocycles. The van der Waals surface area contributed by atoms with Crippen LogP contribution < -0.4 is 5.32 Å². The van der Waals surface area contributed by atoms with Gasteiger partial charge in [-0.05, 0) is 12.2 Å². The number of amides is 1. The van der Waals surface area contributed by atoms with E-state index >= 15 is 0 Å². The molecule has 0 rings (SSSR count). The van der Waals surface area contributed by atoms with Crippen LogP contribution in [-0.2, 0) is 4.79 Å². The van der Waals surface area contributed by atoms with Gasteiger partial charge in [0.05, 0.1) is 11.1 Å². The van der Waals surface area contributed by atoms with E-state index in [0.717, 1.165) is 12.8 Å². The van der Waals surface area contributed by atoms with Crippen molar-refractivity contribution in [1.29, 1.82) is 0 Å². The molecule has 2 nitrogen and oxygen atoms in total. The molecule has 0 saturated carbocycles. The second-order valence-electron chi connectivity index (χ2n) is 3.33. The van der Waals surface area contributed by atoms with Crippen LogP contribution in [0, 0.1) is 5.92 Å². The van der Waals surface area contributed by atoms with Gasteiger partial charge in [0.25, 0.3) is 0 Å². The zero-order valence-electron chi connectivity index (χ0n) is 9.18. The first-order valence-corrected chi connectivity index (χ1v) is 6.88. The van der Waals surface area contributed by atoms with Gasteiger partial charge in [0, 0.05) is 6.54 Å². The lowest BCUT2D eigenvalue weighted by Crippen LogP contribution is -2.34. The number of hydrogen-bond donors (Lipinski definition) is 1. The fourth-order valence-electron chi connectivity index (χ4n) is 1.36. The summed E-state index contributed by atoms with van der Waals surface area (Å²) in [5.41, 5.74) is 0. The molecule has 1 unspecified atom stereocenters. The van der Waals surface area contributed by atoms with E-state index in [1.165, 1.54) is 11.8 Å². The Morgan fingerprint density at radius 3 is 2.43 bits per heavy atom. The third-order valence-corrected chi connectivity index (χ3v) is 3.39. The van der Waals surface area contributed by atoms with Gasteiger partial charge in [-0.15, -0.1) is 11.6 Å². The third kappa shape index (κ3) is 5.76.